The molecule has 0 radical (unpaired) electrons. The van der Waals surface area contributed by atoms with Crippen molar-refractivity contribution < 1.29 is 14.3 Å². The van der Waals surface area contributed by atoms with Crippen LogP contribution in [-0.2, 0) is 16.1 Å². The Kier molecular flexibility index (Phi) is 7.14. The third-order valence-corrected chi connectivity index (χ3v) is 5.67. The highest BCUT2D eigenvalue weighted by Gasteiger charge is 2.31. The molecule has 1 aromatic rings. The summed E-state index contributed by atoms with van der Waals surface area (Å²) in [7, 11) is 0. The quantitative estimate of drug-likeness (QED) is 0.687. The molecule has 1 aliphatic carbocycles. The molecule has 0 aliphatic heterocycles. The number of nitrogens with zero attached hydrogens (tertiary/aromatic N) is 1. The van der Waals surface area contributed by atoms with Gasteiger partial charge in [0.15, 0.2) is 0 Å². The molecule has 1 saturated carbocycles. The van der Waals surface area contributed by atoms with E-state index in [9.17, 15) is 9.59 Å². The van der Waals surface area contributed by atoms with E-state index in [1.807, 2.05) is 12.1 Å². The molecule has 1 aliphatic rings. The molecule has 1 heterocycles. The number of nitrogens with one attached hydrogen (secondary N) is 2. The van der Waals surface area contributed by atoms with Crippen molar-refractivity contribution in [2.24, 2.45) is 5.92 Å². The molecule has 0 aromatic carbocycles. The molecule has 0 atom stereocenters. The number of hydrogen-bond donors (Lipinski definition) is 2. The Morgan fingerprint density at radius 2 is 1.96 bits per heavy atom. The maximum atomic E-state index is 12.6. The van der Waals surface area contributed by atoms with Gasteiger partial charge in [-0.1, -0.05) is 6.42 Å². The summed E-state index contributed by atoms with van der Waals surface area (Å²) in [5.74, 6) is 1.61. The van der Waals surface area contributed by atoms with Crippen LogP contribution in [0.3, 0.4) is 0 Å². The van der Waals surface area contributed by atoms with E-state index in [1.54, 1.807) is 52.6 Å². The fourth-order valence-electron chi connectivity index (χ4n) is 2.56. The topological polar surface area (TPSA) is 80.3 Å². The SMILES string of the molecule is CC(C)(C)OC(=O)NC(C)(C)C(=O)NCc1ncccc1SCC1CCC1. The Balaban J connectivity index is 1.89. The van der Waals surface area contributed by atoms with E-state index in [-0.39, 0.29) is 5.91 Å². The molecule has 1 fully saturated rings. The summed E-state index contributed by atoms with van der Waals surface area (Å²) >= 11 is 1.80. The number of carbonyl (C=O) groups is 2. The summed E-state index contributed by atoms with van der Waals surface area (Å²) in [6.07, 6.45) is 5.07. The summed E-state index contributed by atoms with van der Waals surface area (Å²) in [4.78, 5) is 30.0. The molecule has 0 saturated heterocycles. The van der Waals surface area contributed by atoms with Crippen molar-refractivity contribution >= 4 is 23.8 Å². The molecule has 27 heavy (non-hydrogen) atoms. The van der Waals surface area contributed by atoms with Crippen LogP contribution in [0.4, 0.5) is 4.79 Å². The van der Waals surface area contributed by atoms with Crippen molar-refractivity contribution in [1.29, 1.82) is 0 Å². The lowest BCUT2D eigenvalue weighted by Crippen LogP contribution is -2.55. The van der Waals surface area contributed by atoms with Crippen molar-refractivity contribution in [3.63, 3.8) is 0 Å². The minimum Gasteiger partial charge on any atom is -0.444 e. The van der Waals surface area contributed by atoms with Crippen LogP contribution in [0, 0.1) is 5.92 Å². The van der Waals surface area contributed by atoms with Crippen LogP contribution in [0.5, 0.6) is 0 Å². The number of hydrogen-bond acceptors (Lipinski definition) is 5. The number of amides is 2. The van der Waals surface area contributed by atoms with E-state index in [0.717, 1.165) is 22.3 Å². The third kappa shape index (κ3) is 7.05. The van der Waals surface area contributed by atoms with Crippen LogP contribution in [0.15, 0.2) is 23.2 Å². The first kappa shape index (κ1) is 21.5. The zero-order valence-corrected chi connectivity index (χ0v) is 17.7. The number of carbonyl (C=O) groups excluding carboxylic acids is 2. The van der Waals surface area contributed by atoms with Crippen LogP contribution >= 0.6 is 11.8 Å². The lowest BCUT2D eigenvalue weighted by Gasteiger charge is -2.28. The largest absolute Gasteiger partial charge is 0.444 e. The highest BCUT2D eigenvalue weighted by Crippen LogP contribution is 2.33. The van der Waals surface area contributed by atoms with Crippen molar-refractivity contribution in [3.05, 3.63) is 24.0 Å². The molecule has 0 spiro atoms. The fraction of sp³-hybridized carbons (Fsp3) is 0.650. The standard InChI is InChI=1S/C20H31N3O3S/c1-19(2,3)26-18(25)23-20(4,5)17(24)22-12-15-16(10-7-11-21-15)27-13-14-8-6-9-14/h7,10-11,14H,6,8-9,12-13H2,1-5H3,(H,22,24)(H,23,25). The van der Waals surface area contributed by atoms with E-state index in [0.29, 0.717) is 6.54 Å². The van der Waals surface area contributed by atoms with Gasteiger partial charge >= 0.3 is 6.09 Å². The second-order valence-electron chi connectivity index (χ2n) is 8.49. The summed E-state index contributed by atoms with van der Waals surface area (Å²) in [6.45, 7) is 8.97. The van der Waals surface area contributed by atoms with Crippen molar-refractivity contribution in [1.82, 2.24) is 15.6 Å². The van der Waals surface area contributed by atoms with Gasteiger partial charge in [-0.2, -0.15) is 0 Å². The molecule has 1 aromatic heterocycles. The first-order valence-corrected chi connectivity index (χ1v) is 10.4. The normalized spacial score (nSPS) is 15.0. The highest BCUT2D eigenvalue weighted by molar-refractivity contribution is 7.99. The smallest absolute Gasteiger partial charge is 0.408 e. The molecule has 7 heteroatoms. The average Bonchev–Trinajstić information content (AvgIpc) is 2.49. The highest BCUT2D eigenvalue weighted by atomic mass is 32.2. The minimum atomic E-state index is -1.09. The Hall–Kier alpha value is -1.76. The molecular weight excluding hydrogens is 362 g/mol. The molecule has 2 N–H and O–H groups in total. The molecule has 150 valence electrons. The van der Waals surface area contributed by atoms with Gasteiger partial charge in [0, 0.05) is 16.8 Å². The zero-order valence-electron chi connectivity index (χ0n) is 16.9. The van der Waals surface area contributed by atoms with Gasteiger partial charge < -0.3 is 15.4 Å². The van der Waals surface area contributed by atoms with Gasteiger partial charge in [0.25, 0.3) is 0 Å². The van der Waals surface area contributed by atoms with E-state index < -0.39 is 17.2 Å². The van der Waals surface area contributed by atoms with Gasteiger partial charge in [0.05, 0.1) is 12.2 Å². The number of thioether (sulfide) groups is 1. The first-order valence-electron chi connectivity index (χ1n) is 9.43. The summed E-state index contributed by atoms with van der Waals surface area (Å²) in [5.41, 5.74) is -0.851. The summed E-state index contributed by atoms with van der Waals surface area (Å²) in [6, 6.07) is 3.96. The molecule has 0 bridgehead atoms. The van der Waals surface area contributed by atoms with Gasteiger partial charge in [0.2, 0.25) is 5.91 Å². The number of alkyl carbamates (subject to hydrolysis) is 1. The number of pyridine rings is 1. The van der Waals surface area contributed by atoms with Gasteiger partial charge in [-0.05, 0) is 65.5 Å². The van der Waals surface area contributed by atoms with Gasteiger partial charge in [-0.25, -0.2) is 4.79 Å². The average molecular weight is 394 g/mol. The minimum absolute atomic E-state index is 0.283. The predicted molar refractivity (Wildman–Crippen MR) is 108 cm³/mol. The van der Waals surface area contributed by atoms with Crippen molar-refractivity contribution in [3.8, 4) is 0 Å². The van der Waals surface area contributed by atoms with Crippen LogP contribution in [0.2, 0.25) is 0 Å². The zero-order chi connectivity index (χ0) is 20.1. The number of aromatic nitrogens is 1. The predicted octanol–water partition coefficient (Wildman–Crippen LogP) is 3.89. The van der Waals surface area contributed by atoms with Gasteiger partial charge in [-0.3, -0.25) is 9.78 Å². The first-order chi connectivity index (χ1) is 12.6. The maximum Gasteiger partial charge on any atom is 0.408 e. The van der Waals surface area contributed by atoms with Gasteiger partial charge in [-0.15, -0.1) is 11.8 Å². The van der Waals surface area contributed by atoms with E-state index in [1.165, 1.54) is 19.3 Å². The monoisotopic (exact) mass is 393 g/mol. The maximum absolute atomic E-state index is 12.6. The Morgan fingerprint density at radius 1 is 1.26 bits per heavy atom. The third-order valence-electron chi connectivity index (χ3n) is 4.35. The Labute approximate surface area is 166 Å². The molecule has 0 unspecified atom stereocenters. The molecule has 2 amide bonds. The summed E-state index contributed by atoms with van der Waals surface area (Å²) in [5, 5.41) is 5.50. The van der Waals surface area contributed by atoms with E-state index in [4.69, 9.17) is 4.74 Å². The van der Waals surface area contributed by atoms with Gasteiger partial charge in [0.1, 0.15) is 11.1 Å². The van der Waals surface area contributed by atoms with Crippen LogP contribution in [-0.4, -0.2) is 33.9 Å². The summed E-state index contributed by atoms with van der Waals surface area (Å²) < 4.78 is 5.23. The molecule has 6 nitrogen and oxygen atoms in total. The van der Waals surface area contributed by atoms with Crippen molar-refractivity contribution in [2.45, 2.75) is 76.5 Å². The van der Waals surface area contributed by atoms with E-state index in [2.05, 4.69) is 15.6 Å². The van der Waals surface area contributed by atoms with Crippen molar-refractivity contribution in [2.75, 3.05) is 5.75 Å². The molecular formula is C20H31N3O3S. The second-order valence-corrected chi connectivity index (χ2v) is 9.55. The lowest BCUT2D eigenvalue weighted by atomic mass is 9.87. The molecule has 2 rings (SSSR count). The number of ether oxygens (including phenoxy) is 1. The van der Waals surface area contributed by atoms with Crippen LogP contribution in [0.1, 0.15) is 59.6 Å². The fourth-order valence-corrected chi connectivity index (χ4v) is 3.77. The number of rotatable bonds is 7. The Morgan fingerprint density at radius 3 is 2.56 bits per heavy atom. The Bertz CT molecular complexity index is 667. The van der Waals surface area contributed by atoms with E-state index >= 15 is 0 Å². The van der Waals surface area contributed by atoms with Crippen LogP contribution in [0.25, 0.3) is 0 Å². The second kappa shape index (κ2) is 8.95. The van der Waals surface area contributed by atoms with Crippen LogP contribution < -0.4 is 10.6 Å². The lowest BCUT2D eigenvalue weighted by molar-refractivity contribution is -0.126.